The Kier molecular flexibility index (Phi) is 4.41. The molecule has 2 N–H and O–H groups in total. The molecule has 2 rings (SSSR count). The van der Waals surface area contributed by atoms with Gasteiger partial charge in [0.15, 0.2) is 0 Å². The van der Waals surface area contributed by atoms with E-state index in [0.717, 1.165) is 16.8 Å². The number of rotatable bonds is 3. The van der Waals surface area contributed by atoms with E-state index in [1.54, 1.807) is 0 Å². The van der Waals surface area contributed by atoms with Crippen LogP contribution in [0.4, 0.5) is 10.5 Å². The lowest BCUT2D eigenvalue weighted by molar-refractivity contribution is 0.251. The number of nitrogens with one attached hydrogen (secondary N) is 2. The number of benzene rings is 2. The van der Waals surface area contributed by atoms with Crippen molar-refractivity contribution in [3.63, 3.8) is 0 Å². The maximum atomic E-state index is 11.9. The largest absolute Gasteiger partial charge is 0.334 e. The van der Waals surface area contributed by atoms with Crippen LogP contribution in [-0.2, 0) is 6.54 Å². The highest BCUT2D eigenvalue weighted by atomic mass is 16.2. The van der Waals surface area contributed by atoms with E-state index in [9.17, 15) is 4.79 Å². The van der Waals surface area contributed by atoms with Gasteiger partial charge in [-0.25, -0.2) is 4.79 Å². The summed E-state index contributed by atoms with van der Waals surface area (Å²) in [5.41, 5.74) is 5.41. The molecule has 0 saturated carbocycles. The molecule has 20 heavy (non-hydrogen) atoms. The zero-order chi connectivity index (χ0) is 14.5. The highest BCUT2D eigenvalue weighted by molar-refractivity contribution is 5.90. The molecule has 0 aromatic heterocycles. The molecule has 0 radical (unpaired) electrons. The Morgan fingerprint density at radius 3 is 2.45 bits per heavy atom. The van der Waals surface area contributed by atoms with Gasteiger partial charge in [-0.1, -0.05) is 42.0 Å². The predicted octanol–water partition coefficient (Wildman–Crippen LogP) is 3.93. The maximum absolute atomic E-state index is 11.9. The van der Waals surface area contributed by atoms with Crippen molar-refractivity contribution in [2.24, 2.45) is 0 Å². The average Bonchev–Trinajstić information content (AvgIpc) is 2.41. The smallest absolute Gasteiger partial charge is 0.319 e. The third-order valence-electron chi connectivity index (χ3n) is 3.33. The van der Waals surface area contributed by atoms with Crippen LogP contribution in [0.25, 0.3) is 0 Å². The SMILES string of the molecule is Cc1ccc(NC(=O)NCc2ccccc2C)c(C)c1. The summed E-state index contributed by atoms with van der Waals surface area (Å²) >= 11 is 0. The van der Waals surface area contributed by atoms with E-state index < -0.39 is 0 Å². The molecule has 2 aromatic rings. The first-order valence-electron chi connectivity index (χ1n) is 6.73. The summed E-state index contributed by atoms with van der Waals surface area (Å²) in [6.07, 6.45) is 0. The number of hydrogen-bond acceptors (Lipinski definition) is 1. The van der Waals surface area contributed by atoms with Crippen LogP contribution < -0.4 is 10.6 Å². The van der Waals surface area contributed by atoms with Gasteiger partial charge in [-0.05, 0) is 43.5 Å². The highest BCUT2D eigenvalue weighted by Gasteiger charge is 2.05. The molecule has 3 heteroatoms. The van der Waals surface area contributed by atoms with Gasteiger partial charge in [0, 0.05) is 12.2 Å². The number of anilines is 1. The molecule has 104 valence electrons. The average molecular weight is 268 g/mol. The fraction of sp³-hybridized carbons (Fsp3) is 0.235. The van der Waals surface area contributed by atoms with Crippen LogP contribution in [0, 0.1) is 20.8 Å². The number of hydrogen-bond donors (Lipinski definition) is 2. The standard InChI is InChI=1S/C17H20N2O/c1-12-8-9-16(14(3)10-12)19-17(20)18-11-15-7-5-4-6-13(15)2/h4-10H,11H2,1-3H3,(H2,18,19,20). The molecule has 0 bridgehead atoms. The summed E-state index contributed by atoms with van der Waals surface area (Å²) in [6, 6.07) is 13.8. The second-order valence-corrected chi connectivity index (χ2v) is 5.05. The van der Waals surface area contributed by atoms with E-state index in [1.165, 1.54) is 11.1 Å². The molecule has 0 aliphatic heterocycles. The molecule has 2 aromatic carbocycles. The van der Waals surface area contributed by atoms with Crippen LogP contribution in [0.2, 0.25) is 0 Å². The first kappa shape index (κ1) is 14.1. The number of aryl methyl sites for hydroxylation is 3. The first-order valence-corrected chi connectivity index (χ1v) is 6.73. The van der Waals surface area contributed by atoms with Gasteiger partial charge in [0.25, 0.3) is 0 Å². The van der Waals surface area contributed by atoms with Crippen molar-refractivity contribution >= 4 is 11.7 Å². The van der Waals surface area contributed by atoms with Crippen LogP contribution in [-0.4, -0.2) is 6.03 Å². The number of carbonyl (C=O) groups is 1. The minimum absolute atomic E-state index is 0.180. The van der Waals surface area contributed by atoms with E-state index in [-0.39, 0.29) is 6.03 Å². The van der Waals surface area contributed by atoms with Gasteiger partial charge in [-0.15, -0.1) is 0 Å². The Morgan fingerprint density at radius 2 is 1.75 bits per heavy atom. The topological polar surface area (TPSA) is 41.1 Å². The zero-order valence-corrected chi connectivity index (χ0v) is 12.2. The normalized spacial score (nSPS) is 10.2. The summed E-state index contributed by atoms with van der Waals surface area (Å²) in [5, 5.41) is 5.76. The van der Waals surface area contributed by atoms with Crippen LogP contribution in [0.3, 0.4) is 0 Å². The number of amides is 2. The summed E-state index contributed by atoms with van der Waals surface area (Å²) < 4.78 is 0. The number of urea groups is 1. The predicted molar refractivity (Wildman–Crippen MR) is 83.0 cm³/mol. The lowest BCUT2D eigenvalue weighted by atomic mass is 10.1. The fourth-order valence-electron chi connectivity index (χ4n) is 2.10. The van der Waals surface area contributed by atoms with Crippen molar-refractivity contribution in [1.29, 1.82) is 0 Å². The number of carbonyl (C=O) groups excluding carboxylic acids is 1. The van der Waals surface area contributed by atoms with Crippen molar-refractivity contribution in [2.45, 2.75) is 27.3 Å². The molecule has 0 saturated heterocycles. The quantitative estimate of drug-likeness (QED) is 0.870. The Hall–Kier alpha value is -2.29. The minimum Gasteiger partial charge on any atom is -0.334 e. The Bertz CT molecular complexity index is 620. The molecular formula is C17H20N2O. The van der Waals surface area contributed by atoms with Crippen molar-refractivity contribution in [1.82, 2.24) is 5.32 Å². The van der Waals surface area contributed by atoms with Crippen LogP contribution >= 0.6 is 0 Å². The summed E-state index contributed by atoms with van der Waals surface area (Å²) in [4.78, 5) is 11.9. The van der Waals surface area contributed by atoms with Crippen molar-refractivity contribution in [2.75, 3.05) is 5.32 Å². The second-order valence-electron chi connectivity index (χ2n) is 5.05. The van der Waals surface area contributed by atoms with Crippen molar-refractivity contribution < 1.29 is 4.79 Å². The summed E-state index contributed by atoms with van der Waals surface area (Å²) in [7, 11) is 0. The second kappa shape index (κ2) is 6.24. The lowest BCUT2D eigenvalue weighted by Gasteiger charge is -2.11. The Morgan fingerprint density at radius 1 is 1.00 bits per heavy atom. The van der Waals surface area contributed by atoms with Crippen LogP contribution in [0.1, 0.15) is 22.3 Å². The van der Waals surface area contributed by atoms with Gasteiger partial charge < -0.3 is 10.6 Å². The zero-order valence-electron chi connectivity index (χ0n) is 12.2. The van der Waals surface area contributed by atoms with Crippen molar-refractivity contribution in [3.05, 3.63) is 64.7 Å². The van der Waals surface area contributed by atoms with E-state index in [4.69, 9.17) is 0 Å². The first-order chi connectivity index (χ1) is 9.56. The summed E-state index contributed by atoms with van der Waals surface area (Å²) in [5.74, 6) is 0. The van der Waals surface area contributed by atoms with Gasteiger partial charge in [-0.2, -0.15) is 0 Å². The highest BCUT2D eigenvalue weighted by Crippen LogP contribution is 2.15. The molecule has 0 aliphatic rings. The van der Waals surface area contributed by atoms with Gasteiger partial charge >= 0.3 is 6.03 Å². The molecule has 0 fully saturated rings. The van der Waals surface area contributed by atoms with Gasteiger partial charge in [0.05, 0.1) is 0 Å². The van der Waals surface area contributed by atoms with E-state index in [2.05, 4.69) is 16.7 Å². The molecule has 0 heterocycles. The van der Waals surface area contributed by atoms with Gasteiger partial charge in [0.2, 0.25) is 0 Å². The van der Waals surface area contributed by atoms with E-state index in [0.29, 0.717) is 6.54 Å². The maximum Gasteiger partial charge on any atom is 0.319 e. The Labute approximate surface area is 120 Å². The third-order valence-corrected chi connectivity index (χ3v) is 3.33. The molecule has 0 atom stereocenters. The lowest BCUT2D eigenvalue weighted by Crippen LogP contribution is -2.28. The summed E-state index contributed by atoms with van der Waals surface area (Å²) in [6.45, 7) is 6.60. The molecule has 3 nitrogen and oxygen atoms in total. The molecular weight excluding hydrogens is 248 g/mol. The van der Waals surface area contributed by atoms with Crippen molar-refractivity contribution in [3.8, 4) is 0 Å². The van der Waals surface area contributed by atoms with Gasteiger partial charge in [0.1, 0.15) is 0 Å². The monoisotopic (exact) mass is 268 g/mol. The van der Waals surface area contributed by atoms with Crippen LogP contribution in [0.5, 0.6) is 0 Å². The van der Waals surface area contributed by atoms with Crippen LogP contribution in [0.15, 0.2) is 42.5 Å². The minimum atomic E-state index is -0.180. The molecule has 2 amide bonds. The van der Waals surface area contributed by atoms with Gasteiger partial charge in [-0.3, -0.25) is 0 Å². The Balaban J connectivity index is 1.94. The third kappa shape index (κ3) is 3.60. The van der Waals surface area contributed by atoms with E-state index in [1.807, 2.05) is 57.2 Å². The molecule has 0 spiro atoms. The fourth-order valence-corrected chi connectivity index (χ4v) is 2.10. The van der Waals surface area contributed by atoms with E-state index >= 15 is 0 Å². The molecule has 0 unspecified atom stereocenters. The molecule has 0 aliphatic carbocycles.